The maximum Gasteiger partial charge on any atom is 0.193 e. The molecule has 21 heavy (non-hydrogen) atoms. The normalized spacial score (nSPS) is 10.8. The molecule has 2 aromatic carbocycles. The highest BCUT2D eigenvalue weighted by Gasteiger charge is 2.14. The minimum atomic E-state index is 0.0307. The van der Waals surface area contributed by atoms with Gasteiger partial charge in [0.2, 0.25) is 0 Å². The third-order valence-electron chi connectivity index (χ3n) is 3.82. The van der Waals surface area contributed by atoms with E-state index in [0.29, 0.717) is 5.56 Å². The van der Waals surface area contributed by atoms with Gasteiger partial charge in [-0.25, -0.2) is 0 Å². The molecule has 104 valence electrons. The van der Waals surface area contributed by atoms with Crippen LogP contribution in [0.15, 0.2) is 42.7 Å². The Labute approximate surface area is 123 Å². The number of hydrogen-bond donors (Lipinski definition) is 0. The summed E-state index contributed by atoms with van der Waals surface area (Å²) in [7, 11) is 0. The van der Waals surface area contributed by atoms with Crippen molar-refractivity contribution >= 4 is 16.8 Å². The summed E-state index contributed by atoms with van der Waals surface area (Å²) >= 11 is 0. The number of ketones is 1. The molecule has 0 N–H and O–H groups in total. The Hall–Kier alpha value is -2.55. The highest BCUT2D eigenvalue weighted by molar-refractivity contribution is 6.11. The third-order valence-corrected chi connectivity index (χ3v) is 3.82. The lowest BCUT2D eigenvalue weighted by atomic mass is 9.94. The zero-order chi connectivity index (χ0) is 15.0. The van der Waals surface area contributed by atoms with Crippen LogP contribution in [0.2, 0.25) is 0 Å². The van der Waals surface area contributed by atoms with E-state index in [0.717, 1.165) is 27.7 Å². The summed E-state index contributed by atoms with van der Waals surface area (Å²) in [6.45, 7) is 6.06. The SMILES string of the molecule is Cc1cc(C)c(C(=O)c2ccc3nccnc3c2)cc1C. The average molecular weight is 276 g/mol. The summed E-state index contributed by atoms with van der Waals surface area (Å²) in [6.07, 6.45) is 3.29. The van der Waals surface area contributed by atoms with Gasteiger partial charge in [-0.2, -0.15) is 0 Å². The molecule has 1 aromatic heterocycles. The quantitative estimate of drug-likeness (QED) is 0.669. The number of aromatic nitrogens is 2. The van der Waals surface area contributed by atoms with Crippen LogP contribution in [0, 0.1) is 20.8 Å². The van der Waals surface area contributed by atoms with Crippen LogP contribution in [0.3, 0.4) is 0 Å². The van der Waals surface area contributed by atoms with E-state index >= 15 is 0 Å². The third kappa shape index (κ3) is 2.42. The molecular formula is C18H16N2O. The van der Waals surface area contributed by atoms with Crippen LogP contribution in [-0.4, -0.2) is 15.8 Å². The molecule has 3 rings (SSSR count). The first-order chi connectivity index (χ1) is 10.1. The van der Waals surface area contributed by atoms with E-state index in [1.165, 1.54) is 5.56 Å². The molecule has 0 saturated heterocycles. The van der Waals surface area contributed by atoms with E-state index in [9.17, 15) is 4.79 Å². The van der Waals surface area contributed by atoms with E-state index in [2.05, 4.69) is 23.0 Å². The summed E-state index contributed by atoms with van der Waals surface area (Å²) in [5, 5.41) is 0. The van der Waals surface area contributed by atoms with Crippen molar-refractivity contribution in [2.75, 3.05) is 0 Å². The number of rotatable bonds is 2. The van der Waals surface area contributed by atoms with Gasteiger partial charge < -0.3 is 0 Å². The molecule has 0 fully saturated rings. The second-order valence-electron chi connectivity index (χ2n) is 5.34. The van der Waals surface area contributed by atoms with Crippen molar-refractivity contribution in [3.63, 3.8) is 0 Å². The molecular weight excluding hydrogens is 260 g/mol. The molecule has 0 spiro atoms. The maximum absolute atomic E-state index is 12.7. The van der Waals surface area contributed by atoms with Crippen LogP contribution in [0.1, 0.15) is 32.6 Å². The van der Waals surface area contributed by atoms with Gasteiger partial charge in [-0.15, -0.1) is 0 Å². The van der Waals surface area contributed by atoms with Crippen molar-refractivity contribution in [3.8, 4) is 0 Å². The van der Waals surface area contributed by atoms with Gasteiger partial charge in [0.05, 0.1) is 11.0 Å². The van der Waals surface area contributed by atoms with Gasteiger partial charge in [-0.3, -0.25) is 14.8 Å². The van der Waals surface area contributed by atoms with E-state index < -0.39 is 0 Å². The number of fused-ring (bicyclic) bond motifs is 1. The van der Waals surface area contributed by atoms with Crippen molar-refractivity contribution in [3.05, 3.63) is 70.5 Å². The molecule has 1 heterocycles. The molecule has 0 bridgehead atoms. The number of nitrogens with zero attached hydrogens (tertiary/aromatic N) is 2. The first-order valence-electron chi connectivity index (χ1n) is 6.89. The van der Waals surface area contributed by atoms with Gasteiger partial charge in [0.1, 0.15) is 0 Å². The Kier molecular flexibility index (Phi) is 3.26. The van der Waals surface area contributed by atoms with Crippen molar-refractivity contribution in [2.45, 2.75) is 20.8 Å². The number of hydrogen-bond acceptors (Lipinski definition) is 3. The first-order valence-corrected chi connectivity index (χ1v) is 6.89. The van der Waals surface area contributed by atoms with E-state index in [4.69, 9.17) is 0 Å². The Morgan fingerprint density at radius 3 is 2.24 bits per heavy atom. The van der Waals surface area contributed by atoms with Crippen LogP contribution < -0.4 is 0 Å². The fraction of sp³-hybridized carbons (Fsp3) is 0.167. The molecule has 0 radical (unpaired) electrons. The lowest BCUT2D eigenvalue weighted by molar-refractivity contribution is 0.103. The zero-order valence-electron chi connectivity index (χ0n) is 12.3. The Morgan fingerprint density at radius 2 is 1.48 bits per heavy atom. The van der Waals surface area contributed by atoms with Gasteiger partial charge in [0, 0.05) is 23.5 Å². The molecule has 3 heteroatoms. The Morgan fingerprint density at radius 1 is 0.810 bits per heavy atom. The van der Waals surface area contributed by atoms with Gasteiger partial charge in [0.15, 0.2) is 5.78 Å². The molecule has 0 aliphatic rings. The van der Waals surface area contributed by atoms with Gasteiger partial charge in [-0.05, 0) is 61.7 Å². The number of carbonyl (C=O) groups is 1. The summed E-state index contributed by atoms with van der Waals surface area (Å²) in [4.78, 5) is 21.2. The lowest BCUT2D eigenvalue weighted by Crippen LogP contribution is -2.05. The first kappa shape index (κ1) is 13.4. The second-order valence-corrected chi connectivity index (χ2v) is 5.34. The maximum atomic E-state index is 12.7. The number of aryl methyl sites for hydroxylation is 3. The molecule has 0 atom stereocenters. The Bertz CT molecular complexity index is 853. The monoisotopic (exact) mass is 276 g/mol. The highest BCUT2D eigenvalue weighted by atomic mass is 16.1. The molecule has 0 amide bonds. The topological polar surface area (TPSA) is 42.9 Å². The summed E-state index contributed by atoms with van der Waals surface area (Å²) in [5.74, 6) is 0.0307. The summed E-state index contributed by atoms with van der Waals surface area (Å²) < 4.78 is 0. The van der Waals surface area contributed by atoms with Crippen molar-refractivity contribution < 1.29 is 4.79 Å². The van der Waals surface area contributed by atoms with Crippen LogP contribution in [0.4, 0.5) is 0 Å². The molecule has 0 saturated carbocycles. The minimum absolute atomic E-state index is 0.0307. The largest absolute Gasteiger partial charge is 0.289 e. The summed E-state index contributed by atoms with van der Waals surface area (Å²) in [6, 6.07) is 9.48. The predicted molar refractivity (Wildman–Crippen MR) is 83.6 cm³/mol. The molecule has 0 unspecified atom stereocenters. The van der Waals surface area contributed by atoms with E-state index in [1.54, 1.807) is 18.5 Å². The standard InChI is InChI=1S/C18H16N2O/c1-11-8-13(3)15(9-12(11)2)18(21)14-4-5-16-17(10-14)20-7-6-19-16/h4-10H,1-3H3. The van der Waals surface area contributed by atoms with Gasteiger partial charge in [-0.1, -0.05) is 6.07 Å². The molecule has 0 aliphatic heterocycles. The molecule has 3 aromatic rings. The fourth-order valence-corrected chi connectivity index (χ4v) is 2.47. The average Bonchev–Trinajstić information content (AvgIpc) is 2.50. The fourth-order valence-electron chi connectivity index (χ4n) is 2.47. The smallest absolute Gasteiger partial charge is 0.193 e. The minimum Gasteiger partial charge on any atom is -0.289 e. The molecule has 3 nitrogen and oxygen atoms in total. The van der Waals surface area contributed by atoms with E-state index in [-0.39, 0.29) is 5.78 Å². The van der Waals surface area contributed by atoms with Crippen LogP contribution in [0.5, 0.6) is 0 Å². The number of benzene rings is 2. The van der Waals surface area contributed by atoms with Gasteiger partial charge in [0.25, 0.3) is 0 Å². The van der Waals surface area contributed by atoms with Crippen molar-refractivity contribution in [1.29, 1.82) is 0 Å². The van der Waals surface area contributed by atoms with Crippen molar-refractivity contribution in [2.24, 2.45) is 0 Å². The van der Waals surface area contributed by atoms with Gasteiger partial charge >= 0.3 is 0 Å². The predicted octanol–water partition coefficient (Wildman–Crippen LogP) is 3.79. The Balaban J connectivity index is 2.10. The second kappa shape index (κ2) is 5.09. The molecule has 0 aliphatic carbocycles. The van der Waals surface area contributed by atoms with E-state index in [1.807, 2.05) is 32.0 Å². The van der Waals surface area contributed by atoms with Crippen LogP contribution in [-0.2, 0) is 0 Å². The highest BCUT2D eigenvalue weighted by Crippen LogP contribution is 2.20. The zero-order valence-corrected chi connectivity index (χ0v) is 12.3. The van der Waals surface area contributed by atoms with Crippen LogP contribution >= 0.6 is 0 Å². The summed E-state index contributed by atoms with van der Waals surface area (Å²) in [5.41, 5.74) is 6.27. The van der Waals surface area contributed by atoms with Crippen LogP contribution in [0.25, 0.3) is 11.0 Å². The number of carbonyl (C=O) groups excluding carboxylic acids is 1. The van der Waals surface area contributed by atoms with Crippen molar-refractivity contribution in [1.82, 2.24) is 9.97 Å². The lowest BCUT2D eigenvalue weighted by Gasteiger charge is -2.09.